The smallest absolute Gasteiger partial charge is 0.284 e. The molecular formula is C25H23BrFN3O. The third kappa shape index (κ3) is 5.16. The number of anilines is 1. The highest BCUT2D eigenvalue weighted by Gasteiger charge is 2.16. The second kappa shape index (κ2) is 9.81. The normalized spacial score (nSPS) is 11.6. The summed E-state index contributed by atoms with van der Waals surface area (Å²) >= 11 is 3.47. The van der Waals surface area contributed by atoms with Crippen LogP contribution in [0.3, 0.4) is 0 Å². The standard InChI is InChI=1S/C25H23BrFN3O/c1-15(17-7-5-8-18(12-17)16(2)29)24(27)25(31)30-23-11-10-19(13-22(23)26)21-9-4-3-6-20(21)14-28/h3-13,29H,14,28H2,1-2H3,(H,30,31)/b24-15+,29-16?. The molecule has 0 bridgehead atoms. The molecule has 6 heteroatoms. The maximum Gasteiger partial charge on any atom is 0.284 e. The minimum Gasteiger partial charge on any atom is -0.326 e. The van der Waals surface area contributed by atoms with Gasteiger partial charge in [0.05, 0.1) is 5.69 Å². The Bertz CT molecular complexity index is 1190. The highest BCUT2D eigenvalue weighted by atomic mass is 79.9. The van der Waals surface area contributed by atoms with Crippen LogP contribution in [0.1, 0.15) is 30.5 Å². The fourth-order valence-electron chi connectivity index (χ4n) is 3.22. The number of allylic oxidation sites excluding steroid dienone is 1. The number of hydrogen-bond acceptors (Lipinski definition) is 3. The fraction of sp³-hybridized carbons (Fsp3) is 0.120. The first-order valence-electron chi connectivity index (χ1n) is 9.73. The molecule has 0 aliphatic heterocycles. The van der Waals surface area contributed by atoms with Gasteiger partial charge in [-0.1, -0.05) is 48.5 Å². The van der Waals surface area contributed by atoms with Crippen LogP contribution in [-0.2, 0) is 11.3 Å². The third-order valence-electron chi connectivity index (χ3n) is 5.02. The second-order valence-corrected chi connectivity index (χ2v) is 8.01. The first-order chi connectivity index (χ1) is 14.8. The minimum absolute atomic E-state index is 0.213. The molecule has 4 nitrogen and oxygen atoms in total. The number of amides is 1. The molecule has 0 fully saturated rings. The zero-order chi connectivity index (χ0) is 22.5. The van der Waals surface area contributed by atoms with Gasteiger partial charge in [-0.15, -0.1) is 0 Å². The van der Waals surface area contributed by atoms with E-state index in [1.807, 2.05) is 36.4 Å². The lowest BCUT2D eigenvalue weighted by molar-refractivity contribution is -0.114. The Kier molecular flexibility index (Phi) is 7.15. The van der Waals surface area contributed by atoms with Crippen molar-refractivity contribution in [3.8, 4) is 11.1 Å². The summed E-state index contributed by atoms with van der Waals surface area (Å²) in [6, 6.07) is 20.2. The molecule has 31 heavy (non-hydrogen) atoms. The van der Waals surface area contributed by atoms with Crippen molar-refractivity contribution in [2.75, 3.05) is 5.32 Å². The van der Waals surface area contributed by atoms with Gasteiger partial charge in [0, 0.05) is 16.7 Å². The molecule has 0 heterocycles. The van der Waals surface area contributed by atoms with Crippen molar-refractivity contribution in [2.45, 2.75) is 20.4 Å². The molecule has 0 aromatic heterocycles. The first kappa shape index (κ1) is 22.6. The Hall–Kier alpha value is -3.09. The van der Waals surface area contributed by atoms with Crippen molar-refractivity contribution >= 4 is 38.8 Å². The molecule has 3 aromatic carbocycles. The summed E-state index contributed by atoms with van der Waals surface area (Å²) in [6.45, 7) is 3.63. The van der Waals surface area contributed by atoms with Gasteiger partial charge in [0.1, 0.15) is 0 Å². The van der Waals surface area contributed by atoms with E-state index >= 15 is 0 Å². The van der Waals surface area contributed by atoms with Crippen LogP contribution in [0.2, 0.25) is 0 Å². The van der Waals surface area contributed by atoms with Crippen LogP contribution in [0.4, 0.5) is 10.1 Å². The Morgan fingerprint density at radius 2 is 1.74 bits per heavy atom. The van der Waals surface area contributed by atoms with Crippen LogP contribution < -0.4 is 11.1 Å². The van der Waals surface area contributed by atoms with Gasteiger partial charge >= 0.3 is 0 Å². The van der Waals surface area contributed by atoms with Gasteiger partial charge in [0.25, 0.3) is 5.91 Å². The lowest BCUT2D eigenvalue weighted by Crippen LogP contribution is -2.13. The van der Waals surface area contributed by atoms with E-state index in [-0.39, 0.29) is 5.57 Å². The molecule has 3 rings (SSSR count). The molecule has 0 aliphatic rings. The number of benzene rings is 3. The molecule has 0 atom stereocenters. The summed E-state index contributed by atoms with van der Waals surface area (Å²) in [5.41, 5.74) is 11.1. The van der Waals surface area contributed by atoms with E-state index in [1.165, 1.54) is 0 Å². The summed E-state index contributed by atoms with van der Waals surface area (Å²) in [7, 11) is 0. The van der Waals surface area contributed by atoms with Crippen molar-refractivity contribution in [3.63, 3.8) is 0 Å². The van der Waals surface area contributed by atoms with E-state index in [4.69, 9.17) is 11.1 Å². The topological polar surface area (TPSA) is 79.0 Å². The molecule has 0 radical (unpaired) electrons. The van der Waals surface area contributed by atoms with Gasteiger partial charge in [-0.25, -0.2) is 4.39 Å². The van der Waals surface area contributed by atoms with E-state index in [2.05, 4.69) is 21.2 Å². The fourth-order valence-corrected chi connectivity index (χ4v) is 3.70. The molecule has 3 aromatic rings. The number of nitrogens with two attached hydrogens (primary N) is 1. The predicted molar refractivity (Wildman–Crippen MR) is 129 cm³/mol. The quantitative estimate of drug-likeness (QED) is 0.286. The SMILES string of the molecule is CC(=N)c1cccc(/C(C)=C(/F)C(=O)Nc2ccc(-c3ccccc3CN)cc2Br)c1. The Morgan fingerprint density at radius 1 is 1.03 bits per heavy atom. The summed E-state index contributed by atoms with van der Waals surface area (Å²) in [5, 5.41) is 10.4. The maximum absolute atomic E-state index is 14.9. The molecule has 0 aliphatic carbocycles. The van der Waals surface area contributed by atoms with Crippen LogP contribution in [-0.4, -0.2) is 11.6 Å². The van der Waals surface area contributed by atoms with Crippen LogP contribution in [0.25, 0.3) is 16.7 Å². The number of rotatable bonds is 6. The summed E-state index contributed by atoms with van der Waals surface area (Å²) in [6.07, 6.45) is 0. The Labute approximate surface area is 189 Å². The molecule has 158 valence electrons. The van der Waals surface area contributed by atoms with Gasteiger partial charge < -0.3 is 16.5 Å². The van der Waals surface area contributed by atoms with Gasteiger partial charge in [-0.2, -0.15) is 0 Å². The second-order valence-electron chi connectivity index (χ2n) is 7.15. The van der Waals surface area contributed by atoms with Crippen LogP contribution in [0.15, 0.2) is 77.0 Å². The monoisotopic (exact) mass is 479 g/mol. The van der Waals surface area contributed by atoms with E-state index in [1.54, 1.807) is 44.2 Å². The highest BCUT2D eigenvalue weighted by molar-refractivity contribution is 9.10. The van der Waals surface area contributed by atoms with Crippen molar-refractivity contribution in [2.24, 2.45) is 5.73 Å². The lowest BCUT2D eigenvalue weighted by atomic mass is 9.99. The number of halogens is 2. The predicted octanol–water partition coefficient (Wildman–Crippen LogP) is 6.30. The molecule has 0 saturated carbocycles. The number of carbonyl (C=O) groups is 1. The molecule has 4 N–H and O–H groups in total. The van der Waals surface area contributed by atoms with Crippen LogP contribution in [0.5, 0.6) is 0 Å². The van der Waals surface area contributed by atoms with Crippen molar-refractivity contribution in [1.29, 1.82) is 5.41 Å². The van der Waals surface area contributed by atoms with E-state index in [0.717, 1.165) is 16.7 Å². The minimum atomic E-state index is -0.871. The van der Waals surface area contributed by atoms with Crippen molar-refractivity contribution < 1.29 is 9.18 Å². The average Bonchev–Trinajstić information content (AvgIpc) is 2.79. The summed E-state index contributed by atoms with van der Waals surface area (Å²) in [5.74, 6) is -1.70. The van der Waals surface area contributed by atoms with E-state index in [9.17, 15) is 9.18 Å². The Morgan fingerprint density at radius 3 is 2.42 bits per heavy atom. The number of carbonyl (C=O) groups excluding carboxylic acids is 1. The zero-order valence-corrected chi connectivity index (χ0v) is 18.9. The Balaban J connectivity index is 1.85. The van der Waals surface area contributed by atoms with Crippen LogP contribution in [0, 0.1) is 5.41 Å². The van der Waals surface area contributed by atoms with Gasteiger partial charge in [0.2, 0.25) is 0 Å². The largest absolute Gasteiger partial charge is 0.326 e. The van der Waals surface area contributed by atoms with Gasteiger partial charge in [-0.3, -0.25) is 4.79 Å². The van der Waals surface area contributed by atoms with Crippen molar-refractivity contribution in [3.05, 3.63) is 93.7 Å². The van der Waals surface area contributed by atoms with Crippen LogP contribution >= 0.6 is 15.9 Å². The van der Waals surface area contributed by atoms with E-state index < -0.39 is 11.7 Å². The molecule has 1 amide bonds. The molecular weight excluding hydrogens is 457 g/mol. The summed E-state index contributed by atoms with van der Waals surface area (Å²) < 4.78 is 15.5. The van der Waals surface area contributed by atoms with E-state index in [0.29, 0.717) is 33.5 Å². The zero-order valence-electron chi connectivity index (χ0n) is 17.3. The highest BCUT2D eigenvalue weighted by Crippen LogP contribution is 2.31. The third-order valence-corrected chi connectivity index (χ3v) is 5.68. The van der Waals surface area contributed by atoms with Crippen molar-refractivity contribution in [1.82, 2.24) is 0 Å². The first-order valence-corrected chi connectivity index (χ1v) is 10.5. The lowest BCUT2D eigenvalue weighted by Gasteiger charge is -2.12. The van der Waals surface area contributed by atoms with Gasteiger partial charge in [-0.05, 0) is 81.4 Å². The molecule has 0 spiro atoms. The molecule has 0 saturated heterocycles. The number of nitrogens with one attached hydrogen (secondary N) is 2. The molecule has 0 unspecified atom stereocenters. The average molecular weight is 480 g/mol. The number of hydrogen-bond donors (Lipinski definition) is 3. The maximum atomic E-state index is 14.9. The summed E-state index contributed by atoms with van der Waals surface area (Å²) in [4.78, 5) is 12.5. The van der Waals surface area contributed by atoms with Gasteiger partial charge in [0.15, 0.2) is 5.83 Å².